The quantitative estimate of drug-likeness (QED) is 0.854. The minimum absolute atomic E-state index is 0.0952. The Bertz CT molecular complexity index is 826. The monoisotopic (exact) mass is 396 g/mol. The van der Waals surface area contributed by atoms with Gasteiger partial charge in [-0.25, -0.2) is 9.97 Å². The third-order valence-electron chi connectivity index (χ3n) is 3.97. The summed E-state index contributed by atoms with van der Waals surface area (Å²) >= 11 is 12.2. The van der Waals surface area contributed by atoms with E-state index in [1.54, 1.807) is 12.1 Å². The van der Waals surface area contributed by atoms with Gasteiger partial charge in [0.05, 0.1) is 37.2 Å². The summed E-state index contributed by atoms with van der Waals surface area (Å²) in [5.74, 6) is 0.446. The SMILES string of the molecule is COc1cc(Cl)c(C)cc1NC(=O)c1nc(N2CCOCC2)ncc1Cl. The second kappa shape index (κ2) is 8.07. The van der Waals surface area contributed by atoms with E-state index in [-0.39, 0.29) is 10.7 Å². The van der Waals surface area contributed by atoms with Crippen LogP contribution in [0.3, 0.4) is 0 Å². The summed E-state index contributed by atoms with van der Waals surface area (Å²) in [7, 11) is 1.50. The fourth-order valence-corrected chi connectivity index (χ4v) is 2.87. The molecule has 2 heterocycles. The Morgan fingerprint density at radius 1 is 1.27 bits per heavy atom. The van der Waals surface area contributed by atoms with E-state index in [1.807, 2.05) is 11.8 Å². The van der Waals surface area contributed by atoms with Crippen LogP contribution in [0.1, 0.15) is 16.1 Å². The molecule has 1 fully saturated rings. The van der Waals surface area contributed by atoms with Crippen molar-refractivity contribution in [1.29, 1.82) is 0 Å². The molecule has 0 atom stereocenters. The minimum Gasteiger partial charge on any atom is -0.495 e. The van der Waals surface area contributed by atoms with Gasteiger partial charge >= 0.3 is 0 Å². The largest absolute Gasteiger partial charge is 0.495 e. The van der Waals surface area contributed by atoms with E-state index in [4.69, 9.17) is 32.7 Å². The summed E-state index contributed by atoms with van der Waals surface area (Å²) < 4.78 is 10.6. The Hall–Kier alpha value is -2.09. The van der Waals surface area contributed by atoms with Gasteiger partial charge in [0.2, 0.25) is 5.95 Å². The lowest BCUT2D eigenvalue weighted by Gasteiger charge is -2.26. The lowest BCUT2D eigenvalue weighted by molar-refractivity contribution is 0.102. The molecule has 1 aromatic carbocycles. The summed E-state index contributed by atoms with van der Waals surface area (Å²) in [6.07, 6.45) is 1.43. The van der Waals surface area contributed by atoms with Crippen LogP contribution in [-0.4, -0.2) is 49.3 Å². The fourth-order valence-electron chi connectivity index (χ4n) is 2.54. The summed E-state index contributed by atoms with van der Waals surface area (Å²) in [5, 5.41) is 3.50. The molecule has 1 N–H and O–H groups in total. The summed E-state index contributed by atoms with van der Waals surface area (Å²) in [6, 6.07) is 3.38. The highest BCUT2D eigenvalue weighted by molar-refractivity contribution is 6.34. The van der Waals surface area contributed by atoms with Gasteiger partial charge in [0.1, 0.15) is 5.75 Å². The van der Waals surface area contributed by atoms with Crippen molar-refractivity contribution in [3.8, 4) is 5.75 Å². The highest BCUT2D eigenvalue weighted by Gasteiger charge is 2.20. The third kappa shape index (κ3) is 4.00. The molecule has 1 aliphatic heterocycles. The first kappa shape index (κ1) is 18.7. The van der Waals surface area contributed by atoms with Crippen LogP contribution in [-0.2, 0) is 4.74 Å². The first-order valence-electron chi connectivity index (χ1n) is 8.00. The molecule has 0 unspecified atom stereocenters. The number of morpholine rings is 1. The molecule has 0 aliphatic carbocycles. The maximum Gasteiger partial charge on any atom is 0.276 e. The molecule has 9 heteroatoms. The van der Waals surface area contributed by atoms with Crippen molar-refractivity contribution >= 4 is 40.7 Å². The summed E-state index contributed by atoms with van der Waals surface area (Å²) in [6.45, 7) is 4.34. The number of nitrogens with one attached hydrogen (secondary N) is 1. The number of carbonyl (C=O) groups is 1. The van der Waals surface area contributed by atoms with E-state index in [0.717, 1.165) is 5.56 Å². The van der Waals surface area contributed by atoms with Crippen LogP contribution in [0.4, 0.5) is 11.6 Å². The maximum absolute atomic E-state index is 12.7. The van der Waals surface area contributed by atoms with Crippen LogP contribution in [0, 0.1) is 6.92 Å². The number of rotatable bonds is 4. The van der Waals surface area contributed by atoms with Gasteiger partial charge in [-0.2, -0.15) is 0 Å². The lowest BCUT2D eigenvalue weighted by atomic mass is 10.2. The summed E-state index contributed by atoms with van der Waals surface area (Å²) in [5.41, 5.74) is 1.39. The second-order valence-corrected chi connectivity index (χ2v) is 6.54. The molecular weight excluding hydrogens is 379 g/mol. The Kier molecular flexibility index (Phi) is 5.80. The number of carbonyl (C=O) groups excluding carboxylic acids is 1. The van der Waals surface area contributed by atoms with Crippen molar-refractivity contribution in [2.24, 2.45) is 0 Å². The van der Waals surface area contributed by atoms with Crippen LogP contribution in [0.25, 0.3) is 0 Å². The highest BCUT2D eigenvalue weighted by Crippen LogP contribution is 2.31. The Morgan fingerprint density at radius 2 is 2.00 bits per heavy atom. The zero-order valence-corrected chi connectivity index (χ0v) is 15.9. The minimum atomic E-state index is -0.452. The average molecular weight is 397 g/mol. The van der Waals surface area contributed by atoms with Crippen LogP contribution in [0.5, 0.6) is 5.75 Å². The lowest BCUT2D eigenvalue weighted by Crippen LogP contribution is -2.37. The smallest absolute Gasteiger partial charge is 0.276 e. The van der Waals surface area contributed by atoms with Crippen molar-refractivity contribution in [2.45, 2.75) is 6.92 Å². The number of aromatic nitrogens is 2. The van der Waals surface area contributed by atoms with Crippen molar-refractivity contribution < 1.29 is 14.3 Å². The summed E-state index contributed by atoms with van der Waals surface area (Å²) in [4.78, 5) is 23.2. The zero-order chi connectivity index (χ0) is 18.7. The van der Waals surface area contributed by atoms with Crippen molar-refractivity contribution in [2.75, 3.05) is 43.6 Å². The van der Waals surface area contributed by atoms with Crippen molar-refractivity contribution in [3.63, 3.8) is 0 Å². The van der Waals surface area contributed by atoms with Gasteiger partial charge in [-0.3, -0.25) is 4.79 Å². The molecule has 0 radical (unpaired) electrons. The predicted molar refractivity (Wildman–Crippen MR) is 101 cm³/mol. The molecule has 1 aromatic heterocycles. The first-order valence-corrected chi connectivity index (χ1v) is 8.76. The van der Waals surface area contributed by atoms with E-state index < -0.39 is 5.91 Å². The molecular formula is C17H18Cl2N4O3. The number of benzene rings is 1. The van der Waals surface area contributed by atoms with Gasteiger partial charge in [0.15, 0.2) is 5.69 Å². The van der Waals surface area contributed by atoms with E-state index in [2.05, 4.69) is 15.3 Å². The number of anilines is 2. The van der Waals surface area contributed by atoms with E-state index in [9.17, 15) is 4.79 Å². The van der Waals surface area contributed by atoms with Gasteiger partial charge in [-0.15, -0.1) is 0 Å². The Labute approximate surface area is 161 Å². The molecule has 2 aromatic rings. The van der Waals surface area contributed by atoms with Crippen LogP contribution in [0.2, 0.25) is 10.0 Å². The van der Waals surface area contributed by atoms with Gasteiger partial charge < -0.3 is 19.7 Å². The molecule has 1 aliphatic rings. The molecule has 3 rings (SSSR count). The molecule has 0 spiro atoms. The normalized spacial score (nSPS) is 14.2. The van der Waals surface area contributed by atoms with Gasteiger partial charge in [0.25, 0.3) is 5.91 Å². The molecule has 138 valence electrons. The fraction of sp³-hybridized carbons (Fsp3) is 0.353. The van der Waals surface area contributed by atoms with Crippen molar-refractivity contribution in [1.82, 2.24) is 9.97 Å². The average Bonchev–Trinajstić information content (AvgIpc) is 2.65. The predicted octanol–water partition coefficient (Wildman–Crippen LogP) is 3.19. The topological polar surface area (TPSA) is 76.6 Å². The van der Waals surface area contributed by atoms with Gasteiger partial charge in [-0.1, -0.05) is 23.2 Å². The Balaban J connectivity index is 1.87. The number of ether oxygens (including phenoxy) is 2. The first-order chi connectivity index (χ1) is 12.5. The van der Waals surface area contributed by atoms with Gasteiger partial charge in [-0.05, 0) is 18.6 Å². The molecule has 0 bridgehead atoms. The number of methoxy groups -OCH3 is 1. The number of amides is 1. The van der Waals surface area contributed by atoms with Crippen LogP contribution in [0.15, 0.2) is 18.3 Å². The molecule has 1 saturated heterocycles. The van der Waals surface area contributed by atoms with Crippen LogP contribution < -0.4 is 15.0 Å². The second-order valence-electron chi connectivity index (χ2n) is 5.72. The van der Waals surface area contributed by atoms with Crippen LogP contribution >= 0.6 is 23.2 Å². The molecule has 7 nitrogen and oxygen atoms in total. The van der Waals surface area contributed by atoms with E-state index >= 15 is 0 Å². The molecule has 26 heavy (non-hydrogen) atoms. The van der Waals surface area contributed by atoms with Gasteiger partial charge in [0, 0.05) is 24.2 Å². The standard InChI is InChI=1S/C17H18Cl2N4O3/c1-10-7-13(14(25-2)8-11(10)18)21-16(24)15-12(19)9-20-17(22-15)23-3-5-26-6-4-23/h7-9H,3-6H2,1-2H3,(H,21,24). The zero-order valence-electron chi connectivity index (χ0n) is 14.4. The maximum atomic E-state index is 12.7. The van der Waals surface area contributed by atoms with Crippen molar-refractivity contribution in [3.05, 3.63) is 39.6 Å². The number of halogens is 2. The highest BCUT2D eigenvalue weighted by atomic mass is 35.5. The number of hydrogen-bond acceptors (Lipinski definition) is 6. The Morgan fingerprint density at radius 3 is 2.69 bits per heavy atom. The van der Waals surface area contributed by atoms with E-state index in [1.165, 1.54) is 13.3 Å². The number of nitrogens with zero attached hydrogens (tertiary/aromatic N) is 3. The number of hydrogen-bond donors (Lipinski definition) is 1. The molecule has 0 saturated carbocycles. The van der Waals surface area contributed by atoms with E-state index in [0.29, 0.717) is 48.7 Å². The molecule has 1 amide bonds. The number of aryl methyl sites for hydroxylation is 1. The third-order valence-corrected chi connectivity index (χ3v) is 4.65.